The summed E-state index contributed by atoms with van der Waals surface area (Å²) in [4.78, 5) is 29.1. The Hall–Kier alpha value is -2.41. The molecule has 0 unspecified atom stereocenters. The van der Waals surface area contributed by atoms with Crippen molar-refractivity contribution in [2.75, 3.05) is 5.32 Å². The zero-order valence-corrected chi connectivity index (χ0v) is 13.1. The van der Waals surface area contributed by atoms with Gasteiger partial charge in [-0.1, -0.05) is 6.07 Å². The van der Waals surface area contributed by atoms with Crippen LogP contribution in [0.2, 0.25) is 0 Å². The molecule has 116 valence electrons. The van der Waals surface area contributed by atoms with Crippen LogP contribution in [0.3, 0.4) is 0 Å². The molecule has 1 aromatic heterocycles. The number of carbonyl (C=O) groups is 1. The van der Waals surface area contributed by atoms with E-state index < -0.39 is 0 Å². The van der Waals surface area contributed by atoms with E-state index in [9.17, 15) is 14.7 Å². The summed E-state index contributed by atoms with van der Waals surface area (Å²) in [6, 6.07) is 5.00. The molecular formula is C15H17N3O3S. The van der Waals surface area contributed by atoms with E-state index in [0.29, 0.717) is 16.9 Å². The molecule has 1 heterocycles. The number of hydrogen-bond donors (Lipinski definition) is 4. The number of aryl methyl sites for hydroxylation is 2. The van der Waals surface area contributed by atoms with E-state index in [1.807, 2.05) is 6.92 Å². The van der Waals surface area contributed by atoms with E-state index >= 15 is 0 Å². The normalized spacial score (nSPS) is 10.5. The first-order chi connectivity index (χ1) is 10.4. The van der Waals surface area contributed by atoms with E-state index in [-0.39, 0.29) is 34.8 Å². The summed E-state index contributed by atoms with van der Waals surface area (Å²) in [6.07, 6.45) is 0.410. The average molecular weight is 319 g/mol. The fraction of sp³-hybridized carbons (Fsp3) is 0.267. The third kappa shape index (κ3) is 3.82. The fourth-order valence-electron chi connectivity index (χ4n) is 2.13. The third-order valence-electron chi connectivity index (χ3n) is 3.28. The number of amides is 1. The maximum absolute atomic E-state index is 11.9. The highest BCUT2D eigenvalue weighted by molar-refractivity contribution is 7.71. The largest absolute Gasteiger partial charge is 0.506 e. The first kappa shape index (κ1) is 16.0. The lowest BCUT2D eigenvalue weighted by atomic mass is 10.1. The van der Waals surface area contributed by atoms with Crippen LogP contribution in [0.25, 0.3) is 0 Å². The molecule has 0 aliphatic rings. The van der Waals surface area contributed by atoms with Crippen molar-refractivity contribution < 1.29 is 9.90 Å². The standard InChI is InChI=1S/C15H17N3O3S/c1-8-3-5-11(12(19)7-8)17-13(20)6-4-10-9(2)16-15(22)18-14(10)21/h3,5,7,19H,4,6H2,1-2H3,(H,17,20)(H2,16,18,21,22). The molecule has 2 aromatic rings. The molecule has 0 atom stereocenters. The summed E-state index contributed by atoms with van der Waals surface area (Å²) in [7, 11) is 0. The van der Waals surface area contributed by atoms with Crippen molar-refractivity contribution in [3.63, 3.8) is 0 Å². The van der Waals surface area contributed by atoms with Gasteiger partial charge in [-0.25, -0.2) is 0 Å². The smallest absolute Gasteiger partial charge is 0.255 e. The van der Waals surface area contributed by atoms with Gasteiger partial charge in [-0.15, -0.1) is 0 Å². The highest BCUT2D eigenvalue weighted by atomic mass is 32.1. The number of phenols is 1. The number of aromatic amines is 2. The maximum atomic E-state index is 11.9. The Bertz CT molecular complexity index is 824. The van der Waals surface area contributed by atoms with Gasteiger partial charge >= 0.3 is 0 Å². The molecule has 0 bridgehead atoms. The zero-order valence-electron chi connectivity index (χ0n) is 12.3. The SMILES string of the molecule is Cc1ccc(NC(=O)CCc2c(C)[nH]c(=S)[nH]c2=O)c(O)c1. The Balaban J connectivity index is 2.05. The summed E-state index contributed by atoms with van der Waals surface area (Å²) in [5.41, 5.74) is 2.12. The number of phenolic OH excluding ortho intramolecular Hbond substituents is 1. The second-order valence-corrected chi connectivity index (χ2v) is 5.49. The summed E-state index contributed by atoms with van der Waals surface area (Å²) < 4.78 is 0.264. The first-order valence-corrected chi connectivity index (χ1v) is 7.19. The van der Waals surface area contributed by atoms with Crippen LogP contribution in [-0.4, -0.2) is 21.0 Å². The predicted molar refractivity (Wildman–Crippen MR) is 86.8 cm³/mol. The fourth-order valence-corrected chi connectivity index (χ4v) is 2.37. The number of aromatic nitrogens is 2. The molecule has 0 aliphatic heterocycles. The van der Waals surface area contributed by atoms with Crippen molar-refractivity contribution in [1.29, 1.82) is 0 Å². The van der Waals surface area contributed by atoms with Crippen molar-refractivity contribution in [3.05, 3.63) is 50.1 Å². The molecule has 4 N–H and O–H groups in total. The molecule has 1 aromatic carbocycles. The van der Waals surface area contributed by atoms with E-state index in [4.69, 9.17) is 12.2 Å². The van der Waals surface area contributed by atoms with E-state index in [0.717, 1.165) is 5.56 Å². The van der Waals surface area contributed by atoms with E-state index in [1.165, 1.54) is 0 Å². The van der Waals surface area contributed by atoms with Gasteiger partial charge in [0, 0.05) is 17.7 Å². The number of anilines is 1. The van der Waals surface area contributed by atoms with Gasteiger partial charge in [0.1, 0.15) is 5.75 Å². The minimum Gasteiger partial charge on any atom is -0.506 e. The van der Waals surface area contributed by atoms with Gasteiger partial charge in [0.05, 0.1) is 5.69 Å². The number of aromatic hydroxyl groups is 1. The number of carbonyl (C=O) groups excluding carboxylic acids is 1. The molecular weight excluding hydrogens is 302 g/mol. The van der Waals surface area contributed by atoms with Crippen LogP contribution in [0, 0.1) is 18.6 Å². The Morgan fingerprint density at radius 3 is 2.68 bits per heavy atom. The van der Waals surface area contributed by atoms with Gasteiger partial charge in [0.25, 0.3) is 5.56 Å². The van der Waals surface area contributed by atoms with Crippen molar-refractivity contribution in [2.24, 2.45) is 0 Å². The Kier molecular flexibility index (Phi) is 4.77. The lowest BCUT2D eigenvalue weighted by Crippen LogP contribution is -2.19. The molecule has 22 heavy (non-hydrogen) atoms. The highest BCUT2D eigenvalue weighted by Crippen LogP contribution is 2.24. The van der Waals surface area contributed by atoms with Gasteiger partial charge < -0.3 is 15.4 Å². The minimum atomic E-state index is -0.285. The quantitative estimate of drug-likeness (QED) is 0.513. The predicted octanol–water partition coefficient (Wildman–Crippen LogP) is 2.33. The van der Waals surface area contributed by atoms with Gasteiger partial charge in [-0.2, -0.15) is 0 Å². The number of nitrogens with one attached hydrogen (secondary N) is 3. The molecule has 0 aliphatic carbocycles. The molecule has 0 saturated carbocycles. The maximum Gasteiger partial charge on any atom is 0.255 e. The summed E-state index contributed by atoms with van der Waals surface area (Å²) >= 11 is 4.88. The van der Waals surface area contributed by atoms with Crippen LogP contribution < -0.4 is 10.9 Å². The Labute approximate surface area is 132 Å². The van der Waals surface area contributed by atoms with Crippen molar-refractivity contribution in [2.45, 2.75) is 26.7 Å². The van der Waals surface area contributed by atoms with Crippen LogP contribution in [-0.2, 0) is 11.2 Å². The summed E-state index contributed by atoms with van der Waals surface area (Å²) in [6.45, 7) is 3.59. The number of rotatable bonds is 4. The number of hydrogen-bond acceptors (Lipinski definition) is 4. The van der Waals surface area contributed by atoms with Crippen molar-refractivity contribution in [3.8, 4) is 5.75 Å². The van der Waals surface area contributed by atoms with Gasteiger partial charge in [0.15, 0.2) is 4.77 Å². The first-order valence-electron chi connectivity index (χ1n) is 6.78. The molecule has 7 heteroatoms. The molecule has 0 saturated heterocycles. The highest BCUT2D eigenvalue weighted by Gasteiger charge is 2.10. The average Bonchev–Trinajstić information content (AvgIpc) is 2.40. The van der Waals surface area contributed by atoms with Crippen LogP contribution in [0.4, 0.5) is 5.69 Å². The molecule has 2 rings (SSSR count). The lowest BCUT2D eigenvalue weighted by molar-refractivity contribution is -0.116. The van der Waals surface area contributed by atoms with E-state index in [2.05, 4.69) is 15.3 Å². The third-order valence-corrected chi connectivity index (χ3v) is 3.49. The van der Waals surface area contributed by atoms with Gasteiger partial charge in [-0.3, -0.25) is 14.6 Å². The lowest BCUT2D eigenvalue weighted by Gasteiger charge is -2.08. The summed E-state index contributed by atoms with van der Waals surface area (Å²) in [5.74, 6) is -0.258. The van der Waals surface area contributed by atoms with Crippen LogP contribution in [0.1, 0.15) is 23.2 Å². The Morgan fingerprint density at radius 1 is 1.32 bits per heavy atom. The van der Waals surface area contributed by atoms with Crippen molar-refractivity contribution in [1.82, 2.24) is 9.97 Å². The minimum absolute atomic E-state index is 0.0196. The monoisotopic (exact) mass is 319 g/mol. The molecule has 0 spiro atoms. The Morgan fingerprint density at radius 2 is 2.05 bits per heavy atom. The van der Waals surface area contributed by atoms with Crippen LogP contribution in [0.5, 0.6) is 5.75 Å². The molecule has 0 radical (unpaired) electrons. The molecule has 0 fully saturated rings. The van der Waals surface area contributed by atoms with Crippen LogP contribution in [0.15, 0.2) is 23.0 Å². The number of benzene rings is 1. The van der Waals surface area contributed by atoms with E-state index in [1.54, 1.807) is 25.1 Å². The van der Waals surface area contributed by atoms with Gasteiger partial charge in [0.2, 0.25) is 5.91 Å². The second-order valence-electron chi connectivity index (χ2n) is 5.08. The second kappa shape index (κ2) is 6.57. The van der Waals surface area contributed by atoms with Crippen molar-refractivity contribution >= 4 is 23.8 Å². The number of H-pyrrole nitrogens is 2. The topological polar surface area (TPSA) is 98.0 Å². The molecule has 1 amide bonds. The van der Waals surface area contributed by atoms with Crippen LogP contribution >= 0.6 is 12.2 Å². The van der Waals surface area contributed by atoms with Gasteiger partial charge in [-0.05, 0) is 50.2 Å². The molecule has 6 nitrogen and oxygen atoms in total. The zero-order chi connectivity index (χ0) is 16.3. The summed E-state index contributed by atoms with van der Waals surface area (Å²) in [5, 5.41) is 12.4.